The summed E-state index contributed by atoms with van der Waals surface area (Å²) in [5, 5.41) is 3.83. The van der Waals surface area contributed by atoms with Crippen LogP contribution in [0.25, 0.3) is 0 Å². The van der Waals surface area contributed by atoms with Crippen LogP contribution in [0.2, 0.25) is 5.02 Å². The first kappa shape index (κ1) is 17.0. The van der Waals surface area contributed by atoms with Crippen LogP contribution < -0.4 is 10.2 Å². The predicted molar refractivity (Wildman–Crippen MR) is 97.6 cm³/mol. The topological polar surface area (TPSA) is 58.1 Å². The highest BCUT2D eigenvalue weighted by Gasteiger charge is 2.21. The highest BCUT2D eigenvalue weighted by atomic mass is 35.5. The van der Waals surface area contributed by atoms with E-state index in [0.29, 0.717) is 10.8 Å². The van der Waals surface area contributed by atoms with Gasteiger partial charge in [0.2, 0.25) is 5.91 Å². The third-order valence-electron chi connectivity index (χ3n) is 3.92. The molecule has 0 bridgehead atoms. The number of carbonyl (C=O) groups is 1. The van der Waals surface area contributed by atoms with Gasteiger partial charge in [-0.15, -0.1) is 11.8 Å². The number of hydrogen-bond acceptors (Lipinski definition) is 5. The van der Waals surface area contributed by atoms with Crippen LogP contribution in [0.15, 0.2) is 47.8 Å². The monoisotopic (exact) mass is 362 g/mol. The van der Waals surface area contributed by atoms with Gasteiger partial charge in [0.25, 0.3) is 0 Å². The lowest BCUT2D eigenvalue weighted by Crippen LogP contribution is -2.45. The van der Waals surface area contributed by atoms with Crippen LogP contribution in [-0.2, 0) is 4.79 Å². The number of benzene rings is 1. The van der Waals surface area contributed by atoms with Crippen molar-refractivity contribution in [2.75, 3.05) is 23.7 Å². The van der Waals surface area contributed by atoms with Crippen LogP contribution in [0.1, 0.15) is 12.8 Å². The fourth-order valence-corrected chi connectivity index (χ4v) is 3.49. The van der Waals surface area contributed by atoms with E-state index in [1.54, 1.807) is 18.6 Å². The van der Waals surface area contributed by atoms with E-state index in [9.17, 15) is 4.79 Å². The molecule has 0 spiro atoms. The third-order valence-corrected chi connectivity index (χ3v) is 5.18. The second kappa shape index (κ2) is 8.35. The van der Waals surface area contributed by atoms with Crippen LogP contribution >= 0.6 is 23.4 Å². The summed E-state index contributed by atoms with van der Waals surface area (Å²) in [6, 6.07) is 7.77. The first-order chi connectivity index (χ1) is 11.7. The molecule has 0 atom stereocenters. The van der Waals surface area contributed by atoms with Gasteiger partial charge in [-0.05, 0) is 37.1 Å². The van der Waals surface area contributed by atoms with Crippen molar-refractivity contribution < 1.29 is 4.79 Å². The lowest BCUT2D eigenvalue weighted by molar-refractivity contribution is -0.119. The molecule has 0 radical (unpaired) electrons. The molecule has 1 N–H and O–H groups in total. The number of hydrogen-bond donors (Lipinski definition) is 1. The van der Waals surface area contributed by atoms with E-state index in [1.165, 1.54) is 11.8 Å². The van der Waals surface area contributed by atoms with Crippen molar-refractivity contribution in [1.82, 2.24) is 15.3 Å². The number of nitrogens with zero attached hydrogens (tertiary/aromatic N) is 3. The summed E-state index contributed by atoms with van der Waals surface area (Å²) >= 11 is 7.38. The quantitative estimate of drug-likeness (QED) is 0.828. The van der Waals surface area contributed by atoms with Gasteiger partial charge in [0.15, 0.2) is 0 Å². The van der Waals surface area contributed by atoms with Crippen molar-refractivity contribution in [3.05, 3.63) is 47.9 Å². The summed E-state index contributed by atoms with van der Waals surface area (Å²) in [6.07, 6.45) is 7.01. The van der Waals surface area contributed by atoms with E-state index in [1.807, 2.05) is 24.3 Å². The van der Waals surface area contributed by atoms with E-state index in [0.717, 1.165) is 36.6 Å². The van der Waals surface area contributed by atoms with Crippen molar-refractivity contribution in [2.45, 2.75) is 23.8 Å². The number of anilines is 1. The summed E-state index contributed by atoms with van der Waals surface area (Å²) in [6.45, 7) is 1.77. The summed E-state index contributed by atoms with van der Waals surface area (Å²) in [4.78, 5) is 23.8. The average Bonchev–Trinajstić information content (AvgIpc) is 2.63. The summed E-state index contributed by atoms with van der Waals surface area (Å²) < 4.78 is 0. The molecule has 126 valence electrons. The number of thioether (sulfide) groups is 1. The number of nitrogens with one attached hydrogen (secondary N) is 1. The Morgan fingerprint density at radius 3 is 2.67 bits per heavy atom. The Balaban J connectivity index is 1.41. The first-order valence-corrected chi connectivity index (χ1v) is 9.26. The second-order valence-corrected chi connectivity index (χ2v) is 7.12. The summed E-state index contributed by atoms with van der Waals surface area (Å²) in [7, 11) is 0. The average molecular weight is 363 g/mol. The molecule has 1 aromatic heterocycles. The van der Waals surface area contributed by atoms with Gasteiger partial charge in [-0.25, -0.2) is 4.98 Å². The Morgan fingerprint density at radius 2 is 2.00 bits per heavy atom. The molecule has 0 saturated carbocycles. The first-order valence-electron chi connectivity index (χ1n) is 7.89. The zero-order chi connectivity index (χ0) is 16.8. The van der Waals surface area contributed by atoms with Crippen molar-refractivity contribution in [2.24, 2.45) is 0 Å². The lowest BCUT2D eigenvalue weighted by Gasteiger charge is -2.32. The number of aromatic nitrogens is 2. The van der Waals surface area contributed by atoms with Gasteiger partial charge in [-0.2, -0.15) is 0 Å². The zero-order valence-electron chi connectivity index (χ0n) is 13.2. The molecular weight excluding hydrogens is 344 g/mol. The van der Waals surface area contributed by atoms with Gasteiger partial charge in [0.1, 0.15) is 5.82 Å². The minimum absolute atomic E-state index is 0.0768. The van der Waals surface area contributed by atoms with E-state index in [-0.39, 0.29) is 11.9 Å². The number of piperidine rings is 1. The van der Waals surface area contributed by atoms with Crippen molar-refractivity contribution in [3.8, 4) is 0 Å². The molecule has 1 amide bonds. The minimum Gasteiger partial charge on any atom is -0.355 e. The molecule has 0 aliphatic carbocycles. The van der Waals surface area contributed by atoms with Gasteiger partial charge in [-0.1, -0.05) is 11.6 Å². The molecule has 5 nitrogen and oxygen atoms in total. The van der Waals surface area contributed by atoms with Gasteiger partial charge in [0.05, 0.1) is 11.9 Å². The Hall–Kier alpha value is -1.79. The summed E-state index contributed by atoms with van der Waals surface area (Å²) in [5.74, 6) is 1.40. The predicted octanol–water partition coefficient (Wildman–Crippen LogP) is 3.01. The number of amides is 1. The van der Waals surface area contributed by atoms with E-state index in [2.05, 4.69) is 20.2 Å². The molecule has 2 aromatic rings. The maximum atomic E-state index is 12.1. The van der Waals surface area contributed by atoms with E-state index >= 15 is 0 Å². The maximum Gasteiger partial charge on any atom is 0.230 e. The third kappa shape index (κ3) is 4.85. The molecule has 1 saturated heterocycles. The molecule has 1 aliphatic rings. The summed E-state index contributed by atoms with van der Waals surface area (Å²) in [5.41, 5.74) is 0. The molecule has 2 heterocycles. The molecule has 24 heavy (non-hydrogen) atoms. The second-order valence-electron chi connectivity index (χ2n) is 5.64. The van der Waals surface area contributed by atoms with E-state index < -0.39 is 0 Å². The van der Waals surface area contributed by atoms with Gasteiger partial charge < -0.3 is 10.2 Å². The highest BCUT2D eigenvalue weighted by molar-refractivity contribution is 8.00. The van der Waals surface area contributed by atoms with Crippen LogP contribution in [0.4, 0.5) is 5.82 Å². The van der Waals surface area contributed by atoms with Gasteiger partial charge in [0, 0.05) is 41.4 Å². The number of halogens is 1. The lowest BCUT2D eigenvalue weighted by atomic mass is 10.1. The molecule has 1 aliphatic heterocycles. The van der Waals surface area contributed by atoms with Gasteiger partial charge in [-0.3, -0.25) is 9.78 Å². The molecule has 1 fully saturated rings. The zero-order valence-corrected chi connectivity index (χ0v) is 14.8. The van der Waals surface area contributed by atoms with Crippen LogP contribution in [0.3, 0.4) is 0 Å². The van der Waals surface area contributed by atoms with Gasteiger partial charge >= 0.3 is 0 Å². The molecule has 3 rings (SSSR count). The Morgan fingerprint density at radius 1 is 1.25 bits per heavy atom. The van der Waals surface area contributed by atoms with E-state index in [4.69, 9.17) is 11.6 Å². The Bertz CT molecular complexity index is 660. The fourth-order valence-electron chi connectivity index (χ4n) is 2.66. The van der Waals surface area contributed by atoms with Crippen LogP contribution in [0.5, 0.6) is 0 Å². The Kier molecular flexibility index (Phi) is 5.93. The largest absolute Gasteiger partial charge is 0.355 e. The van der Waals surface area contributed by atoms with Crippen molar-refractivity contribution >= 4 is 35.1 Å². The SMILES string of the molecule is O=C(CSc1ccc(Cl)cc1)NC1CCN(c2cnccn2)CC1. The molecule has 0 unspecified atom stereocenters. The molecule has 1 aromatic carbocycles. The van der Waals surface area contributed by atoms with Crippen LogP contribution in [-0.4, -0.2) is 40.8 Å². The molecular formula is C17H19ClN4OS. The highest BCUT2D eigenvalue weighted by Crippen LogP contribution is 2.21. The molecule has 7 heteroatoms. The Labute approximate surface area is 150 Å². The normalized spacial score (nSPS) is 15.3. The van der Waals surface area contributed by atoms with Crippen molar-refractivity contribution in [1.29, 1.82) is 0 Å². The smallest absolute Gasteiger partial charge is 0.230 e. The number of carbonyl (C=O) groups excluding carboxylic acids is 1. The standard InChI is InChI=1S/C17H19ClN4OS/c18-13-1-3-15(4-2-13)24-12-17(23)21-14-5-9-22(10-6-14)16-11-19-7-8-20-16/h1-4,7-8,11,14H,5-6,9-10,12H2,(H,21,23). The van der Waals surface area contributed by atoms with Crippen LogP contribution in [0, 0.1) is 0 Å². The van der Waals surface area contributed by atoms with Crippen molar-refractivity contribution in [3.63, 3.8) is 0 Å². The fraction of sp³-hybridized carbons (Fsp3) is 0.353. The number of rotatable bonds is 5. The minimum atomic E-state index is 0.0768. The maximum absolute atomic E-state index is 12.1.